The van der Waals surface area contributed by atoms with Crippen LogP contribution < -0.4 is 9.62 Å². The number of anilines is 1. The van der Waals surface area contributed by atoms with Crippen LogP contribution in [0.5, 0.6) is 0 Å². The van der Waals surface area contributed by atoms with Crippen molar-refractivity contribution in [3.8, 4) is 0 Å². The summed E-state index contributed by atoms with van der Waals surface area (Å²) in [5.74, 6) is 1.65. The Morgan fingerprint density at radius 2 is 2.00 bits per heavy atom. The minimum Gasteiger partial charge on any atom is -0.393 e. The van der Waals surface area contributed by atoms with Crippen molar-refractivity contribution in [2.75, 3.05) is 24.5 Å². The van der Waals surface area contributed by atoms with E-state index in [4.69, 9.17) is 0 Å². The fourth-order valence-corrected chi connectivity index (χ4v) is 4.02. The molecule has 1 aliphatic heterocycles. The lowest BCUT2D eigenvalue weighted by molar-refractivity contribution is 0.110. The maximum Gasteiger partial charge on any atom is 0.242 e. The molecular formula is C16H25N3O3S. The van der Waals surface area contributed by atoms with Gasteiger partial charge in [0.1, 0.15) is 10.7 Å². The van der Waals surface area contributed by atoms with Crippen LogP contribution in [0.1, 0.15) is 32.6 Å². The van der Waals surface area contributed by atoms with Crippen molar-refractivity contribution >= 4 is 15.8 Å². The van der Waals surface area contributed by atoms with Gasteiger partial charge in [-0.3, -0.25) is 0 Å². The van der Waals surface area contributed by atoms with Crippen LogP contribution in [-0.2, 0) is 10.0 Å². The molecule has 0 amide bonds. The van der Waals surface area contributed by atoms with Gasteiger partial charge in [0.05, 0.1) is 6.10 Å². The summed E-state index contributed by atoms with van der Waals surface area (Å²) in [6.45, 7) is 4.05. The van der Waals surface area contributed by atoms with Crippen LogP contribution in [-0.4, -0.2) is 44.2 Å². The average molecular weight is 339 g/mol. The van der Waals surface area contributed by atoms with Crippen LogP contribution in [0.2, 0.25) is 0 Å². The summed E-state index contributed by atoms with van der Waals surface area (Å²) in [7, 11) is -3.45. The summed E-state index contributed by atoms with van der Waals surface area (Å²) in [5.41, 5.74) is 0. The molecule has 1 aliphatic carbocycles. The molecule has 6 nitrogen and oxygen atoms in total. The van der Waals surface area contributed by atoms with Crippen LogP contribution in [0, 0.1) is 11.8 Å². The van der Waals surface area contributed by atoms with Gasteiger partial charge in [0.25, 0.3) is 0 Å². The van der Waals surface area contributed by atoms with E-state index >= 15 is 0 Å². The smallest absolute Gasteiger partial charge is 0.242 e. The van der Waals surface area contributed by atoms with Crippen molar-refractivity contribution in [3.05, 3.63) is 18.3 Å². The normalized spacial score (nSPS) is 21.4. The second-order valence-corrected chi connectivity index (χ2v) is 8.48. The molecule has 0 aromatic carbocycles. The molecule has 3 rings (SSSR count). The fraction of sp³-hybridized carbons (Fsp3) is 0.688. The molecule has 1 aromatic rings. The number of hydrogen-bond donors (Lipinski definition) is 2. The molecule has 1 unspecified atom stereocenters. The molecule has 2 fully saturated rings. The Balaban J connectivity index is 1.60. The summed E-state index contributed by atoms with van der Waals surface area (Å²) in [5, 5.41) is 9.65. The van der Waals surface area contributed by atoms with E-state index in [0.717, 1.165) is 44.6 Å². The second kappa shape index (κ2) is 6.75. The van der Waals surface area contributed by atoms with E-state index in [0.29, 0.717) is 18.4 Å². The maximum absolute atomic E-state index is 12.2. The first-order valence-electron chi connectivity index (χ1n) is 8.34. The largest absolute Gasteiger partial charge is 0.393 e. The number of sulfonamides is 1. The van der Waals surface area contributed by atoms with Crippen LogP contribution >= 0.6 is 0 Å². The van der Waals surface area contributed by atoms with E-state index < -0.39 is 10.0 Å². The monoisotopic (exact) mass is 339 g/mol. The number of nitrogens with zero attached hydrogens (tertiary/aromatic N) is 2. The van der Waals surface area contributed by atoms with Gasteiger partial charge in [0.2, 0.25) is 10.0 Å². The SMILES string of the molecule is CC(O)C1CCN(c2ccc(S(=O)(=O)NCC3CC3)cn2)CC1. The Bertz CT molecular complexity index is 618. The highest BCUT2D eigenvalue weighted by atomic mass is 32.2. The molecule has 0 bridgehead atoms. The van der Waals surface area contributed by atoms with Crippen molar-refractivity contribution in [1.82, 2.24) is 9.71 Å². The van der Waals surface area contributed by atoms with Crippen molar-refractivity contribution in [2.45, 2.75) is 43.6 Å². The van der Waals surface area contributed by atoms with Gasteiger partial charge in [0, 0.05) is 25.8 Å². The van der Waals surface area contributed by atoms with Gasteiger partial charge in [-0.25, -0.2) is 18.1 Å². The lowest BCUT2D eigenvalue weighted by atomic mass is 9.92. The summed E-state index contributed by atoms with van der Waals surface area (Å²) >= 11 is 0. The van der Waals surface area contributed by atoms with Gasteiger partial charge in [-0.15, -0.1) is 0 Å². The zero-order valence-corrected chi connectivity index (χ0v) is 14.3. The van der Waals surface area contributed by atoms with E-state index in [1.54, 1.807) is 12.1 Å². The molecule has 0 radical (unpaired) electrons. The van der Waals surface area contributed by atoms with Gasteiger partial charge < -0.3 is 10.0 Å². The Morgan fingerprint density at radius 1 is 1.30 bits per heavy atom. The van der Waals surface area contributed by atoms with Crippen molar-refractivity contribution < 1.29 is 13.5 Å². The molecule has 0 spiro atoms. The highest BCUT2D eigenvalue weighted by molar-refractivity contribution is 7.89. The lowest BCUT2D eigenvalue weighted by Crippen LogP contribution is -2.37. The predicted octanol–water partition coefficient (Wildman–Crippen LogP) is 1.37. The molecule has 7 heteroatoms. The van der Waals surface area contributed by atoms with Gasteiger partial charge in [-0.2, -0.15) is 0 Å². The minimum absolute atomic E-state index is 0.223. The number of aliphatic hydroxyl groups is 1. The molecule has 2 heterocycles. The first-order chi connectivity index (χ1) is 11.0. The molecule has 1 saturated heterocycles. The predicted molar refractivity (Wildman–Crippen MR) is 88.8 cm³/mol. The van der Waals surface area contributed by atoms with E-state index in [1.807, 2.05) is 6.92 Å². The Kier molecular flexibility index (Phi) is 4.89. The van der Waals surface area contributed by atoms with E-state index in [2.05, 4.69) is 14.6 Å². The summed E-state index contributed by atoms with van der Waals surface area (Å²) in [6, 6.07) is 3.40. The van der Waals surface area contributed by atoms with Gasteiger partial charge in [0.15, 0.2) is 0 Å². The van der Waals surface area contributed by atoms with Crippen molar-refractivity contribution in [1.29, 1.82) is 0 Å². The minimum atomic E-state index is -3.45. The molecule has 1 aromatic heterocycles. The average Bonchev–Trinajstić information content (AvgIpc) is 3.38. The highest BCUT2D eigenvalue weighted by Gasteiger charge is 2.25. The van der Waals surface area contributed by atoms with E-state index in [-0.39, 0.29) is 11.0 Å². The standard InChI is InChI=1S/C16H25N3O3S/c1-12(20)14-6-8-19(9-7-14)16-5-4-15(11-17-16)23(21,22)18-10-13-2-3-13/h4-5,11-14,18,20H,2-3,6-10H2,1H3. The lowest BCUT2D eigenvalue weighted by Gasteiger charge is -2.34. The number of piperidine rings is 1. The topological polar surface area (TPSA) is 82.5 Å². The van der Waals surface area contributed by atoms with Crippen LogP contribution in [0.25, 0.3) is 0 Å². The second-order valence-electron chi connectivity index (χ2n) is 6.71. The summed E-state index contributed by atoms with van der Waals surface area (Å²) in [6.07, 6.45) is 5.26. The number of hydrogen-bond acceptors (Lipinski definition) is 5. The molecule has 1 saturated carbocycles. The maximum atomic E-state index is 12.2. The Hall–Kier alpha value is -1.18. The quantitative estimate of drug-likeness (QED) is 0.818. The first-order valence-corrected chi connectivity index (χ1v) is 9.83. The number of pyridine rings is 1. The summed E-state index contributed by atoms with van der Waals surface area (Å²) < 4.78 is 27.0. The first kappa shape index (κ1) is 16.7. The molecule has 128 valence electrons. The zero-order chi connectivity index (χ0) is 16.4. The fourth-order valence-electron chi connectivity index (χ4n) is 2.96. The molecular weight excluding hydrogens is 314 g/mol. The number of aliphatic hydroxyl groups excluding tert-OH is 1. The van der Waals surface area contributed by atoms with Crippen molar-refractivity contribution in [3.63, 3.8) is 0 Å². The van der Waals surface area contributed by atoms with Crippen LogP contribution in [0.15, 0.2) is 23.2 Å². The Labute approximate surface area is 138 Å². The molecule has 1 atom stereocenters. The number of nitrogens with one attached hydrogen (secondary N) is 1. The van der Waals surface area contributed by atoms with Crippen LogP contribution in [0.3, 0.4) is 0 Å². The zero-order valence-electron chi connectivity index (χ0n) is 13.5. The molecule has 2 aliphatic rings. The number of aromatic nitrogens is 1. The van der Waals surface area contributed by atoms with Crippen LogP contribution in [0.4, 0.5) is 5.82 Å². The number of rotatable bonds is 6. The third-order valence-electron chi connectivity index (χ3n) is 4.84. The van der Waals surface area contributed by atoms with Gasteiger partial charge in [-0.05, 0) is 56.6 Å². The molecule has 23 heavy (non-hydrogen) atoms. The van der Waals surface area contributed by atoms with E-state index in [1.165, 1.54) is 6.20 Å². The third kappa shape index (κ3) is 4.22. The molecule has 2 N–H and O–H groups in total. The Morgan fingerprint density at radius 3 is 2.52 bits per heavy atom. The third-order valence-corrected chi connectivity index (χ3v) is 6.24. The van der Waals surface area contributed by atoms with Crippen molar-refractivity contribution in [2.24, 2.45) is 11.8 Å². The summed E-state index contributed by atoms with van der Waals surface area (Å²) in [4.78, 5) is 6.69. The van der Waals surface area contributed by atoms with Gasteiger partial charge in [-0.1, -0.05) is 0 Å². The van der Waals surface area contributed by atoms with E-state index in [9.17, 15) is 13.5 Å². The van der Waals surface area contributed by atoms with Gasteiger partial charge >= 0.3 is 0 Å². The highest BCUT2D eigenvalue weighted by Crippen LogP contribution is 2.28.